The maximum absolute atomic E-state index is 14.0. The van der Waals surface area contributed by atoms with Crippen molar-refractivity contribution >= 4 is 29.6 Å². The van der Waals surface area contributed by atoms with Gasteiger partial charge in [0.1, 0.15) is 48.5 Å². The highest BCUT2D eigenvalue weighted by Gasteiger charge is 2.51. The zero-order valence-electron chi connectivity index (χ0n) is 45.5. The number of hydrogen-bond acceptors (Lipinski definition) is 18. The number of ether oxygens (including phenoxy) is 7. The number of nitrogens with one attached hydrogen (secondary N) is 1. The summed E-state index contributed by atoms with van der Waals surface area (Å²) < 4.78 is 41.1. The number of Topliss-reactive ketones (excluding diaryl/α,β-unsaturated/α-hetero) is 1. The molecule has 426 valence electrons. The van der Waals surface area contributed by atoms with Crippen LogP contribution < -0.4 is 5.32 Å². The van der Waals surface area contributed by atoms with Gasteiger partial charge in [0.25, 0.3) is 0 Å². The highest BCUT2D eigenvalue weighted by Crippen LogP contribution is 2.32. The van der Waals surface area contributed by atoms with Crippen LogP contribution >= 0.6 is 0 Å². The molecular formula is C54H97NO18. The number of rotatable bonds is 39. The lowest BCUT2D eigenvalue weighted by atomic mass is 9.96. The molecule has 73 heavy (non-hydrogen) atoms. The van der Waals surface area contributed by atoms with Crippen molar-refractivity contribution in [1.82, 2.24) is 5.32 Å². The zero-order chi connectivity index (χ0) is 54.5. The molecule has 2 rings (SSSR count). The average Bonchev–Trinajstić information content (AvgIpc) is 3.33. The maximum Gasteiger partial charge on any atom is 0.309 e. The standard InChI is InChI=1S/C54H97NO18/c1-9-12-15-18-21-24-41(29-40(59)28-38(32-56)52(66)55-39(33-57)27-34(4)5)70-44(60)30-42(25-22-19-16-13-10-2)71-45(61)31-43(26-23-20-17-14-11-3)72-53-49(65)51(47(63)36(7)67-53)73-54-48(64)50(69-37(8)58)46(62)35(6)68-54/h34-36,38-39,41-43,46-51,53-54,56-57,62-65H,9-33H2,1-8H3,(H,55,66). The fraction of sp³-hybridized carbons (Fsp3) is 0.907. The topological polar surface area (TPSA) is 283 Å². The Hall–Kier alpha value is -2.85. The first-order chi connectivity index (χ1) is 34.8. The predicted molar refractivity (Wildman–Crippen MR) is 270 cm³/mol. The van der Waals surface area contributed by atoms with Crippen LogP contribution in [0.1, 0.15) is 203 Å². The first-order valence-electron chi connectivity index (χ1n) is 27.7. The molecule has 0 aromatic carbocycles. The van der Waals surface area contributed by atoms with E-state index in [4.69, 9.17) is 33.2 Å². The van der Waals surface area contributed by atoms with E-state index in [1.807, 2.05) is 13.8 Å². The Morgan fingerprint density at radius 2 is 1.01 bits per heavy atom. The van der Waals surface area contributed by atoms with Crippen molar-refractivity contribution in [1.29, 1.82) is 0 Å². The minimum Gasteiger partial charge on any atom is -0.462 e. The second-order valence-electron chi connectivity index (χ2n) is 20.9. The van der Waals surface area contributed by atoms with Gasteiger partial charge in [-0.1, -0.05) is 118 Å². The number of unbranched alkanes of at least 4 members (excludes halogenated alkanes) is 12. The SMILES string of the molecule is CCCCCCCC(CC(=O)CC(CO)C(=O)NC(CO)CC(C)C)OC(=O)CC(CCCCCCC)OC(=O)CC(CCCCCCC)OC1OC(C)C(O)C(OC2OC(C)C(O)C(OC(C)=O)C2O)C1O. The van der Waals surface area contributed by atoms with Crippen molar-refractivity contribution < 1.29 is 87.8 Å². The van der Waals surface area contributed by atoms with Gasteiger partial charge in [-0.15, -0.1) is 0 Å². The molecule has 0 spiro atoms. The van der Waals surface area contributed by atoms with Crippen molar-refractivity contribution in [3.63, 3.8) is 0 Å². The molecule has 0 saturated carbocycles. The van der Waals surface area contributed by atoms with E-state index in [1.54, 1.807) is 0 Å². The van der Waals surface area contributed by atoms with Crippen LogP contribution in [0.25, 0.3) is 0 Å². The van der Waals surface area contributed by atoms with Crippen LogP contribution in [0.3, 0.4) is 0 Å². The summed E-state index contributed by atoms with van der Waals surface area (Å²) in [5, 5.41) is 67.0. The van der Waals surface area contributed by atoms with Gasteiger partial charge < -0.3 is 69.1 Å². The van der Waals surface area contributed by atoms with E-state index < -0.39 is 122 Å². The summed E-state index contributed by atoms with van der Waals surface area (Å²) in [5.74, 6) is -3.81. The van der Waals surface area contributed by atoms with E-state index in [0.29, 0.717) is 44.9 Å². The summed E-state index contributed by atoms with van der Waals surface area (Å²) in [7, 11) is 0. The molecule has 0 bridgehead atoms. The van der Waals surface area contributed by atoms with Crippen molar-refractivity contribution in [3.05, 3.63) is 0 Å². The van der Waals surface area contributed by atoms with E-state index in [9.17, 15) is 54.6 Å². The Balaban J connectivity index is 2.29. The third-order valence-electron chi connectivity index (χ3n) is 13.6. The highest BCUT2D eigenvalue weighted by atomic mass is 16.7. The van der Waals surface area contributed by atoms with E-state index in [0.717, 1.165) is 84.0 Å². The Kier molecular flexibility index (Phi) is 33.6. The molecule has 2 aliphatic heterocycles. The van der Waals surface area contributed by atoms with Crippen molar-refractivity contribution in [2.24, 2.45) is 11.8 Å². The fourth-order valence-corrected chi connectivity index (χ4v) is 9.36. The van der Waals surface area contributed by atoms with Gasteiger partial charge in [0.15, 0.2) is 18.7 Å². The predicted octanol–water partition coefficient (Wildman–Crippen LogP) is 5.79. The molecular weight excluding hydrogens is 951 g/mol. The van der Waals surface area contributed by atoms with E-state index in [-0.39, 0.29) is 44.0 Å². The number of carbonyl (C=O) groups excluding carboxylic acids is 5. The third-order valence-corrected chi connectivity index (χ3v) is 13.6. The van der Waals surface area contributed by atoms with E-state index >= 15 is 0 Å². The molecule has 0 aromatic rings. The summed E-state index contributed by atoms with van der Waals surface area (Å²) in [6.07, 6.45) is -2.23. The average molecular weight is 1050 g/mol. The summed E-state index contributed by atoms with van der Waals surface area (Å²) in [6, 6.07) is -0.520. The molecule has 15 unspecified atom stereocenters. The normalized spacial score (nSPS) is 26.3. The fourth-order valence-electron chi connectivity index (χ4n) is 9.36. The van der Waals surface area contributed by atoms with Crippen LogP contribution in [0.2, 0.25) is 0 Å². The molecule has 0 aliphatic carbocycles. The number of amides is 1. The Morgan fingerprint density at radius 3 is 1.49 bits per heavy atom. The summed E-state index contributed by atoms with van der Waals surface area (Å²) in [5.41, 5.74) is 0. The first kappa shape index (κ1) is 66.3. The van der Waals surface area contributed by atoms with Gasteiger partial charge in [0.05, 0.1) is 56.3 Å². The Labute approximate surface area is 435 Å². The van der Waals surface area contributed by atoms with Crippen molar-refractivity contribution in [2.75, 3.05) is 13.2 Å². The van der Waals surface area contributed by atoms with Gasteiger partial charge in [0, 0.05) is 19.8 Å². The number of aliphatic hydroxyl groups is 6. The molecule has 15 atom stereocenters. The minimum absolute atomic E-state index is 0.167. The lowest BCUT2D eigenvalue weighted by molar-refractivity contribution is -0.358. The molecule has 19 nitrogen and oxygen atoms in total. The smallest absolute Gasteiger partial charge is 0.309 e. The zero-order valence-corrected chi connectivity index (χ0v) is 45.5. The monoisotopic (exact) mass is 1050 g/mol. The summed E-state index contributed by atoms with van der Waals surface area (Å²) in [6.45, 7) is 13.5. The number of hydrogen-bond donors (Lipinski definition) is 7. The maximum atomic E-state index is 14.0. The minimum atomic E-state index is -1.69. The van der Waals surface area contributed by atoms with Crippen LogP contribution in [-0.4, -0.2) is 159 Å². The quantitative estimate of drug-likeness (QED) is 0.0218. The molecule has 1 amide bonds. The largest absolute Gasteiger partial charge is 0.462 e. The van der Waals surface area contributed by atoms with Gasteiger partial charge in [-0.25, -0.2) is 0 Å². The van der Waals surface area contributed by atoms with Crippen LogP contribution in [0.4, 0.5) is 0 Å². The molecule has 2 saturated heterocycles. The van der Waals surface area contributed by atoms with Crippen molar-refractivity contribution in [2.45, 2.75) is 289 Å². The molecule has 0 radical (unpaired) electrons. The lowest BCUT2D eigenvalue weighted by Crippen LogP contribution is -2.64. The molecule has 2 aliphatic rings. The van der Waals surface area contributed by atoms with Gasteiger partial charge in [-0.05, 0) is 58.3 Å². The summed E-state index contributed by atoms with van der Waals surface area (Å²) in [4.78, 5) is 66.1. The molecule has 2 fully saturated rings. The van der Waals surface area contributed by atoms with Crippen LogP contribution in [0.15, 0.2) is 0 Å². The summed E-state index contributed by atoms with van der Waals surface area (Å²) >= 11 is 0. The van der Waals surface area contributed by atoms with Gasteiger partial charge in [-0.2, -0.15) is 0 Å². The van der Waals surface area contributed by atoms with Gasteiger partial charge in [-0.3, -0.25) is 24.0 Å². The third kappa shape index (κ3) is 25.7. The molecule has 2 heterocycles. The van der Waals surface area contributed by atoms with Crippen LogP contribution in [0.5, 0.6) is 0 Å². The van der Waals surface area contributed by atoms with Crippen LogP contribution in [-0.2, 0) is 57.1 Å². The van der Waals surface area contributed by atoms with Crippen LogP contribution in [0, 0.1) is 11.8 Å². The number of ketones is 1. The number of esters is 3. The second kappa shape index (κ2) is 37.0. The Morgan fingerprint density at radius 1 is 0.562 bits per heavy atom. The second-order valence-corrected chi connectivity index (χ2v) is 20.9. The highest BCUT2D eigenvalue weighted by molar-refractivity contribution is 5.87. The van der Waals surface area contributed by atoms with E-state index in [2.05, 4.69) is 26.1 Å². The number of carbonyl (C=O) groups is 5. The lowest BCUT2D eigenvalue weighted by Gasteiger charge is -2.46. The van der Waals surface area contributed by atoms with E-state index in [1.165, 1.54) is 13.8 Å². The Bertz CT molecular complexity index is 1550. The van der Waals surface area contributed by atoms with Crippen molar-refractivity contribution in [3.8, 4) is 0 Å². The first-order valence-corrected chi connectivity index (χ1v) is 27.7. The van der Waals surface area contributed by atoms with Gasteiger partial charge in [0.2, 0.25) is 5.91 Å². The van der Waals surface area contributed by atoms with Gasteiger partial charge >= 0.3 is 17.9 Å². The molecule has 19 heteroatoms. The molecule has 0 aromatic heterocycles. The molecule has 7 N–H and O–H groups in total. The number of aliphatic hydroxyl groups excluding tert-OH is 6.